The maximum absolute atomic E-state index is 12.1. The minimum absolute atomic E-state index is 0.0272. The van der Waals surface area contributed by atoms with E-state index < -0.39 is 29.2 Å². The minimum atomic E-state index is -1.53. The number of carbonyl (C=O) groups is 4. The van der Waals surface area contributed by atoms with Crippen molar-refractivity contribution in [2.24, 2.45) is 5.41 Å². The van der Waals surface area contributed by atoms with Crippen molar-refractivity contribution in [2.45, 2.75) is 19.8 Å². The Hall–Kier alpha value is -2.18. The van der Waals surface area contributed by atoms with Crippen molar-refractivity contribution in [3.8, 4) is 0 Å². The molecule has 1 fully saturated rings. The molecule has 1 unspecified atom stereocenters. The van der Waals surface area contributed by atoms with E-state index in [1.54, 1.807) is 0 Å². The Morgan fingerprint density at radius 2 is 2.11 bits per heavy atom. The maximum atomic E-state index is 12.1. The molecule has 0 aromatic rings. The van der Waals surface area contributed by atoms with Crippen LogP contribution >= 0.6 is 0 Å². The van der Waals surface area contributed by atoms with Gasteiger partial charge in [-0.2, -0.15) is 0 Å². The second kappa shape index (κ2) is 4.99. The first-order chi connectivity index (χ1) is 8.32. The summed E-state index contributed by atoms with van der Waals surface area (Å²) in [7, 11) is 0. The van der Waals surface area contributed by atoms with E-state index in [-0.39, 0.29) is 19.4 Å². The molecule has 0 aromatic carbocycles. The highest BCUT2D eigenvalue weighted by Gasteiger charge is 2.49. The monoisotopic (exact) mass is 254 g/mol. The van der Waals surface area contributed by atoms with Gasteiger partial charge in [0.15, 0.2) is 0 Å². The van der Waals surface area contributed by atoms with Crippen LogP contribution in [0.5, 0.6) is 0 Å². The van der Waals surface area contributed by atoms with E-state index in [1.165, 1.54) is 13.0 Å². The minimum Gasteiger partial charge on any atom is -0.481 e. The molecule has 2 N–H and O–H groups in total. The molecule has 1 rings (SSSR count). The number of rotatable bonds is 5. The average molecular weight is 254 g/mol. The fourth-order valence-electron chi connectivity index (χ4n) is 1.66. The van der Waals surface area contributed by atoms with Crippen LogP contribution in [-0.4, -0.2) is 40.4 Å². The smallest absolute Gasteiger partial charge is 0.331 e. The van der Waals surface area contributed by atoms with Gasteiger partial charge in [-0.15, -0.1) is 6.58 Å². The van der Waals surface area contributed by atoms with E-state index >= 15 is 0 Å². The van der Waals surface area contributed by atoms with E-state index in [0.29, 0.717) is 0 Å². The molecular weight excluding hydrogens is 240 g/mol. The lowest BCUT2D eigenvalue weighted by Gasteiger charge is -2.36. The Labute approximate surface area is 103 Å². The Balaban J connectivity index is 2.98. The summed E-state index contributed by atoms with van der Waals surface area (Å²) in [5.41, 5.74) is -1.53. The van der Waals surface area contributed by atoms with Gasteiger partial charge in [-0.3, -0.25) is 24.6 Å². The second-order valence-electron chi connectivity index (χ2n) is 4.19. The standard InChI is InChI=1S/C11H14N2O5/c1-3-6-13-9(17)11(2,5-4-7(14)15)8(16)12-10(13)18/h3H,1,4-6H2,2H3,(H,14,15)(H,12,16,18). The molecule has 0 bridgehead atoms. The Kier molecular flexibility index (Phi) is 3.85. The van der Waals surface area contributed by atoms with Gasteiger partial charge < -0.3 is 5.11 Å². The number of imide groups is 2. The Morgan fingerprint density at radius 1 is 1.50 bits per heavy atom. The second-order valence-corrected chi connectivity index (χ2v) is 4.19. The molecule has 0 saturated carbocycles. The molecule has 4 amide bonds. The predicted molar refractivity (Wildman–Crippen MR) is 60.4 cm³/mol. The topological polar surface area (TPSA) is 104 Å². The zero-order valence-corrected chi connectivity index (χ0v) is 9.93. The third-order valence-corrected chi connectivity index (χ3v) is 2.83. The van der Waals surface area contributed by atoms with Gasteiger partial charge in [-0.1, -0.05) is 6.08 Å². The summed E-state index contributed by atoms with van der Waals surface area (Å²) in [6.45, 7) is 4.71. The fraction of sp³-hybridized carbons (Fsp3) is 0.455. The molecule has 0 spiro atoms. The number of nitrogens with zero attached hydrogens (tertiary/aromatic N) is 1. The first-order valence-corrected chi connectivity index (χ1v) is 5.33. The third kappa shape index (κ3) is 2.39. The number of carboxylic acids is 1. The van der Waals surface area contributed by atoms with Crippen LogP contribution < -0.4 is 5.32 Å². The number of barbiturate groups is 1. The third-order valence-electron chi connectivity index (χ3n) is 2.83. The zero-order valence-electron chi connectivity index (χ0n) is 9.93. The summed E-state index contributed by atoms with van der Waals surface area (Å²) in [6, 6.07) is -0.808. The van der Waals surface area contributed by atoms with Crippen molar-refractivity contribution < 1.29 is 24.3 Å². The van der Waals surface area contributed by atoms with Crippen LogP contribution in [0.25, 0.3) is 0 Å². The number of carboxylic acid groups (broad SMARTS) is 1. The summed E-state index contributed by atoms with van der Waals surface area (Å²) in [6.07, 6.45) is 0.866. The van der Waals surface area contributed by atoms with Crippen molar-refractivity contribution in [1.29, 1.82) is 0 Å². The average Bonchev–Trinajstić information content (AvgIpc) is 2.30. The molecule has 1 aliphatic rings. The first-order valence-electron chi connectivity index (χ1n) is 5.33. The van der Waals surface area contributed by atoms with Crippen LogP contribution in [-0.2, 0) is 14.4 Å². The quantitative estimate of drug-likeness (QED) is 0.535. The Morgan fingerprint density at radius 3 is 2.61 bits per heavy atom. The largest absolute Gasteiger partial charge is 0.481 e. The van der Waals surface area contributed by atoms with Crippen LogP contribution in [0, 0.1) is 5.41 Å². The van der Waals surface area contributed by atoms with Crippen molar-refractivity contribution in [3.05, 3.63) is 12.7 Å². The van der Waals surface area contributed by atoms with Crippen LogP contribution in [0.2, 0.25) is 0 Å². The molecule has 0 aliphatic carbocycles. The van der Waals surface area contributed by atoms with Crippen LogP contribution in [0.4, 0.5) is 4.79 Å². The number of amides is 4. The first kappa shape index (κ1) is 13.9. The van der Waals surface area contributed by atoms with Crippen LogP contribution in [0.1, 0.15) is 19.8 Å². The lowest BCUT2D eigenvalue weighted by molar-refractivity contribution is -0.151. The zero-order chi connectivity index (χ0) is 13.9. The van der Waals surface area contributed by atoms with E-state index in [4.69, 9.17) is 5.11 Å². The van der Waals surface area contributed by atoms with Crippen molar-refractivity contribution in [3.63, 3.8) is 0 Å². The SMILES string of the molecule is C=CCN1C(=O)NC(=O)C(C)(CCC(=O)O)C1=O. The van der Waals surface area contributed by atoms with Crippen LogP contribution in [0.3, 0.4) is 0 Å². The lowest BCUT2D eigenvalue weighted by Crippen LogP contribution is -2.62. The van der Waals surface area contributed by atoms with Gasteiger partial charge in [0.05, 0.1) is 0 Å². The van der Waals surface area contributed by atoms with Crippen molar-refractivity contribution >= 4 is 23.8 Å². The van der Waals surface area contributed by atoms with E-state index in [0.717, 1.165) is 4.90 Å². The summed E-state index contributed by atoms with van der Waals surface area (Å²) < 4.78 is 0. The van der Waals surface area contributed by atoms with E-state index in [9.17, 15) is 19.2 Å². The molecule has 0 radical (unpaired) electrons. The summed E-state index contributed by atoms with van der Waals surface area (Å²) in [4.78, 5) is 46.6. The molecule has 1 atom stereocenters. The summed E-state index contributed by atoms with van der Waals surface area (Å²) >= 11 is 0. The van der Waals surface area contributed by atoms with Crippen molar-refractivity contribution in [1.82, 2.24) is 10.2 Å². The Bertz CT molecular complexity index is 431. The summed E-state index contributed by atoms with van der Waals surface area (Å²) in [5, 5.41) is 10.7. The number of hydrogen-bond donors (Lipinski definition) is 2. The number of urea groups is 1. The lowest BCUT2D eigenvalue weighted by atomic mass is 9.81. The maximum Gasteiger partial charge on any atom is 0.331 e. The van der Waals surface area contributed by atoms with Gasteiger partial charge in [-0.25, -0.2) is 4.79 Å². The number of nitrogens with one attached hydrogen (secondary N) is 1. The van der Waals surface area contributed by atoms with Gasteiger partial charge in [0.1, 0.15) is 5.41 Å². The molecule has 18 heavy (non-hydrogen) atoms. The highest BCUT2D eigenvalue weighted by atomic mass is 16.4. The highest BCUT2D eigenvalue weighted by Crippen LogP contribution is 2.29. The molecular formula is C11H14N2O5. The van der Waals surface area contributed by atoms with E-state index in [2.05, 4.69) is 6.58 Å². The van der Waals surface area contributed by atoms with E-state index in [1.807, 2.05) is 5.32 Å². The van der Waals surface area contributed by atoms with Gasteiger partial charge in [0.2, 0.25) is 11.8 Å². The number of aliphatic carboxylic acids is 1. The molecule has 0 aromatic heterocycles. The molecule has 1 aliphatic heterocycles. The van der Waals surface area contributed by atoms with Crippen LogP contribution in [0.15, 0.2) is 12.7 Å². The van der Waals surface area contributed by atoms with Gasteiger partial charge >= 0.3 is 12.0 Å². The summed E-state index contributed by atoms with van der Waals surface area (Å²) in [5.74, 6) is -2.57. The molecule has 1 heterocycles. The number of carbonyl (C=O) groups excluding carboxylic acids is 3. The normalized spacial score (nSPS) is 23.8. The molecule has 1 saturated heterocycles. The molecule has 98 valence electrons. The fourth-order valence-corrected chi connectivity index (χ4v) is 1.66. The highest BCUT2D eigenvalue weighted by molar-refractivity contribution is 6.19. The molecule has 7 nitrogen and oxygen atoms in total. The van der Waals surface area contributed by atoms with Gasteiger partial charge in [-0.05, 0) is 13.3 Å². The number of hydrogen-bond acceptors (Lipinski definition) is 4. The van der Waals surface area contributed by atoms with Crippen molar-refractivity contribution in [2.75, 3.05) is 6.54 Å². The molecule has 7 heteroatoms. The van der Waals surface area contributed by atoms with Gasteiger partial charge in [0, 0.05) is 13.0 Å². The van der Waals surface area contributed by atoms with Gasteiger partial charge in [0.25, 0.3) is 0 Å². The predicted octanol–water partition coefficient (Wildman–Crippen LogP) is 0.122.